The molecule has 0 aromatic heterocycles. The first kappa shape index (κ1) is 34.1. The van der Waals surface area contributed by atoms with Crippen molar-refractivity contribution in [2.24, 2.45) is 0 Å². The number of phenols is 2. The maximum Gasteiger partial charge on any atom is 0.206 e. The van der Waals surface area contributed by atoms with Crippen LogP contribution in [-0.4, -0.2) is 34.3 Å². The van der Waals surface area contributed by atoms with Gasteiger partial charge in [-0.2, -0.15) is 17.6 Å². The topological polar surface area (TPSA) is 46.9 Å². The molecular weight excluding hydrogens is 650 g/mol. The maximum absolute atomic E-state index is 12.2. The molecule has 4 aromatic rings. The molecular formula is C28H16F10N2O2S2. The van der Waals surface area contributed by atoms with Gasteiger partial charge in [-0.15, -0.1) is 0 Å². The zero-order valence-corrected chi connectivity index (χ0v) is 23.6. The second kappa shape index (κ2) is 13.5. The minimum absolute atomic E-state index is 0.808. The molecule has 2 N–H and O–H groups in total. The maximum atomic E-state index is 12.2. The molecule has 4 nitrogen and oxygen atoms in total. The van der Waals surface area contributed by atoms with E-state index >= 15 is 0 Å². The Morgan fingerprint density at radius 1 is 0.432 bits per heavy atom. The number of nitrogens with zero attached hydrogens (tertiary/aromatic N) is 2. The summed E-state index contributed by atoms with van der Waals surface area (Å²) in [5, 5.41) is 16.6. The van der Waals surface area contributed by atoms with Crippen LogP contribution < -0.4 is 9.80 Å². The van der Waals surface area contributed by atoms with Gasteiger partial charge in [0, 0.05) is 25.2 Å². The molecule has 0 saturated heterocycles. The lowest BCUT2D eigenvalue weighted by Gasteiger charge is -2.32. The Hall–Kier alpha value is -4.44. The van der Waals surface area contributed by atoms with E-state index in [1.165, 1.54) is 0 Å². The first-order valence-corrected chi connectivity index (χ1v) is 12.5. The fourth-order valence-corrected chi connectivity index (χ4v) is 4.20. The molecule has 0 unspecified atom stereocenters. The molecule has 0 radical (unpaired) electrons. The molecule has 0 fully saturated rings. The predicted octanol–water partition coefficient (Wildman–Crippen LogP) is 7.80. The van der Waals surface area contributed by atoms with E-state index in [2.05, 4.69) is 12.1 Å². The van der Waals surface area contributed by atoms with Gasteiger partial charge >= 0.3 is 0 Å². The highest BCUT2D eigenvalue weighted by Gasteiger charge is 2.27. The summed E-state index contributed by atoms with van der Waals surface area (Å²) in [4.78, 5) is 5.68. The molecule has 1 heterocycles. The summed E-state index contributed by atoms with van der Waals surface area (Å²) in [6, 6.07) is 16.2. The summed E-state index contributed by atoms with van der Waals surface area (Å²) < 4.78 is 121. The molecule has 0 amide bonds. The molecule has 0 atom stereocenters. The van der Waals surface area contributed by atoms with Gasteiger partial charge in [-0.3, -0.25) is 0 Å². The number of aromatic hydroxyl groups is 2. The molecule has 44 heavy (non-hydrogen) atoms. The van der Waals surface area contributed by atoms with Gasteiger partial charge in [0.25, 0.3) is 0 Å². The van der Waals surface area contributed by atoms with Crippen molar-refractivity contribution in [1.29, 1.82) is 0 Å². The molecule has 1 aliphatic heterocycles. The Morgan fingerprint density at radius 2 is 0.659 bits per heavy atom. The van der Waals surface area contributed by atoms with E-state index < -0.39 is 69.7 Å². The number of phenolic OH excluding ortho intramolecular Hbond substituents is 2. The minimum atomic E-state index is -2.29. The van der Waals surface area contributed by atoms with Crippen LogP contribution in [0.25, 0.3) is 0 Å². The number of para-hydroxylation sites is 2. The Bertz CT molecular complexity index is 1450. The number of benzene rings is 4. The Balaban J connectivity index is 0.000000192. The summed E-state index contributed by atoms with van der Waals surface area (Å²) in [7, 11) is 3.98. The van der Waals surface area contributed by atoms with Gasteiger partial charge in [0.05, 0.1) is 11.4 Å². The molecule has 5 rings (SSSR count). The van der Waals surface area contributed by atoms with Crippen LogP contribution in [0, 0.1) is 58.2 Å². The normalized spacial score (nSPS) is 12.3. The van der Waals surface area contributed by atoms with E-state index in [1.807, 2.05) is 60.3 Å². The van der Waals surface area contributed by atoms with Gasteiger partial charge in [-0.05, 0) is 24.3 Å². The van der Waals surface area contributed by atoms with E-state index in [4.69, 9.17) is 34.6 Å². The largest absolute Gasteiger partial charge is 0.503 e. The highest BCUT2D eigenvalue weighted by Crippen LogP contribution is 2.32. The zero-order chi connectivity index (χ0) is 33.2. The highest BCUT2D eigenvalue weighted by atomic mass is 32.1. The Kier molecular flexibility index (Phi) is 10.4. The molecule has 4 aromatic carbocycles. The summed E-state index contributed by atoms with van der Waals surface area (Å²) in [6.07, 6.45) is 0. The summed E-state index contributed by atoms with van der Waals surface area (Å²) in [5.41, 5.74) is 4.15. The first-order valence-electron chi connectivity index (χ1n) is 11.7. The average molecular weight is 667 g/mol. The van der Waals surface area contributed by atoms with Crippen molar-refractivity contribution in [2.75, 3.05) is 23.9 Å². The van der Waals surface area contributed by atoms with Gasteiger partial charge in [0.2, 0.25) is 58.2 Å². The van der Waals surface area contributed by atoms with E-state index in [9.17, 15) is 43.9 Å². The molecule has 1 aliphatic rings. The van der Waals surface area contributed by atoms with Crippen molar-refractivity contribution >= 4 is 45.8 Å². The summed E-state index contributed by atoms with van der Waals surface area (Å²) >= 11 is 11.3. The number of hydrogen-bond acceptors (Lipinski definition) is 4. The third kappa shape index (κ3) is 6.26. The van der Waals surface area contributed by atoms with Gasteiger partial charge in [0.1, 0.15) is 9.98 Å². The van der Waals surface area contributed by atoms with Crippen LogP contribution in [0.2, 0.25) is 0 Å². The van der Waals surface area contributed by atoms with Crippen LogP contribution in [0.4, 0.5) is 55.3 Å². The molecule has 0 saturated carbocycles. The van der Waals surface area contributed by atoms with E-state index in [0.29, 0.717) is 0 Å². The van der Waals surface area contributed by atoms with Crippen LogP contribution in [0.1, 0.15) is 11.1 Å². The van der Waals surface area contributed by atoms with Crippen LogP contribution in [0.3, 0.4) is 0 Å². The fourth-order valence-electron chi connectivity index (χ4n) is 3.66. The smallest absolute Gasteiger partial charge is 0.206 e. The van der Waals surface area contributed by atoms with Crippen molar-refractivity contribution in [1.82, 2.24) is 0 Å². The van der Waals surface area contributed by atoms with E-state index in [-0.39, 0.29) is 0 Å². The van der Waals surface area contributed by atoms with Crippen LogP contribution in [-0.2, 0) is 0 Å². The molecule has 16 heteroatoms. The third-order valence-electron chi connectivity index (χ3n) is 5.97. The van der Waals surface area contributed by atoms with Crippen LogP contribution >= 0.6 is 24.4 Å². The van der Waals surface area contributed by atoms with Crippen molar-refractivity contribution in [3.63, 3.8) is 0 Å². The lowest BCUT2D eigenvalue weighted by atomic mass is 10.1. The monoisotopic (exact) mass is 666 g/mol. The molecule has 0 bridgehead atoms. The van der Waals surface area contributed by atoms with Crippen LogP contribution in [0.5, 0.6) is 11.5 Å². The van der Waals surface area contributed by atoms with Crippen molar-refractivity contribution < 1.29 is 54.1 Å². The fraction of sp³-hybridized carbons (Fsp3) is 0.0714. The highest BCUT2D eigenvalue weighted by molar-refractivity contribution is 7.81. The summed E-state index contributed by atoms with van der Waals surface area (Å²) in [5.74, 6) is -25.9. The Morgan fingerprint density at radius 3 is 0.932 bits per heavy atom. The van der Waals surface area contributed by atoms with Gasteiger partial charge in [-0.1, -0.05) is 48.7 Å². The number of anilines is 2. The van der Waals surface area contributed by atoms with Gasteiger partial charge in [0.15, 0.2) is 11.5 Å². The average Bonchev–Trinajstić information content (AvgIpc) is 3.05. The minimum Gasteiger partial charge on any atom is -0.503 e. The van der Waals surface area contributed by atoms with Gasteiger partial charge in [-0.25, -0.2) is 26.3 Å². The molecule has 0 spiro atoms. The number of fused-ring (bicyclic) bond motifs is 2. The predicted molar refractivity (Wildman–Crippen MR) is 149 cm³/mol. The first-order chi connectivity index (χ1) is 20.5. The van der Waals surface area contributed by atoms with E-state index in [1.54, 1.807) is 0 Å². The second-order valence-electron chi connectivity index (χ2n) is 8.60. The number of rotatable bonds is 0. The SMILES string of the molecule is CN1C(=S)c2ccccc2N(C)C(=S)c2ccccc21.Oc1c(F)c(F)c(F)c(F)c1F.Oc1c(F)c(F)c(F)c(F)c1F. The lowest BCUT2D eigenvalue weighted by Crippen LogP contribution is -2.35. The van der Waals surface area contributed by atoms with Gasteiger partial charge < -0.3 is 20.0 Å². The summed E-state index contributed by atoms with van der Waals surface area (Å²) in [6.45, 7) is 0. The zero-order valence-electron chi connectivity index (χ0n) is 22.0. The van der Waals surface area contributed by atoms with Crippen molar-refractivity contribution in [3.8, 4) is 11.5 Å². The number of hydrogen-bond donors (Lipinski definition) is 2. The van der Waals surface area contributed by atoms with Crippen molar-refractivity contribution in [2.45, 2.75) is 0 Å². The second-order valence-corrected chi connectivity index (χ2v) is 9.37. The van der Waals surface area contributed by atoms with E-state index in [0.717, 1.165) is 32.5 Å². The Labute approximate surface area is 253 Å². The quantitative estimate of drug-likeness (QED) is 0.0865. The number of halogens is 10. The molecule has 0 aliphatic carbocycles. The number of thiocarbonyl (C=S) groups is 2. The van der Waals surface area contributed by atoms with Crippen LogP contribution in [0.15, 0.2) is 48.5 Å². The molecule has 232 valence electrons. The lowest BCUT2D eigenvalue weighted by molar-refractivity contribution is 0.325. The third-order valence-corrected chi connectivity index (χ3v) is 6.96. The van der Waals surface area contributed by atoms with Crippen molar-refractivity contribution in [3.05, 3.63) is 118 Å². The standard InChI is InChI=1S/C16H14N2S2.2C6HF5O/c1-17-13-9-5-3-7-11(13)16(20)18(2)14-10-6-4-8-12(14)15(17)19;2*7-1-2(8)4(10)6(12)5(11)3(1)9/h3-10H,1-2H3;2*12H.